The van der Waals surface area contributed by atoms with E-state index >= 15 is 0 Å². The first-order valence-corrected chi connectivity index (χ1v) is 4.25. The van der Waals surface area contributed by atoms with Gasteiger partial charge in [0, 0.05) is 25.0 Å². The fourth-order valence-corrected chi connectivity index (χ4v) is 1.16. The molecule has 0 aromatic carbocycles. The SMILES string of the molecule is CNC(=O)C(C)n1cc(N)ccc1=O. The molecule has 1 rings (SSSR count). The minimum absolute atomic E-state index is 0.224. The molecule has 0 fully saturated rings. The lowest BCUT2D eigenvalue weighted by atomic mass is 10.3. The van der Waals surface area contributed by atoms with E-state index in [2.05, 4.69) is 5.32 Å². The number of anilines is 1. The highest BCUT2D eigenvalue weighted by molar-refractivity contribution is 5.79. The number of carbonyl (C=O) groups excluding carboxylic acids is 1. The molecule has 1 unspecified atom stereocenters. The van der Waals surface area contributed by atoms with Gasteiger partial charge >= 0.3 is 0 Å². The number of nitrogens with one attached hydrogen (secondary N) is 1. The molecule has 0 aliphatic heterocycles. The van der Waals surface area contributed by atoms with Crippen molar-refractivity contribution in [2.24, 2.45) is 0 Å². The number of amides is 1. The Balaban J connectivity index is 3.12. The summed E-state index contributed by atoms with van der Waals surface area (Å²) in [5, 5.41) is 2.47. The number of hydrogen-bond acceptors (Lipinski definition) is 3. The lowest BCUT2D eigenvalue weighted by Crippen LogP contribution is -2.33. The summed E-state index contributed by atoms with van der Waals surface area (Å²) in [7, 11) is 1.52. The number of hydrogen-bond donors (Lipinski definition) is 2. The van der Waals surface area contributed by atoms with Gasteiger partial charge in [0.15, 0.2) is 0 Å². The highest BCUT2D eigenvalue weighted by atomic mass is 16.2. The van der Waals surface area contributed by atoms with E-state index in [0.29, 0.717) is 5.69 Å². The summed E-state index contributed by atoms with van der Waals surface area (Å²) >= 11 is 0. The van der Waals surface area contributed by atoms with Crippen molar-refractivity contribution >= 4 is 11.6 Å². The molecule has 1 aromatic rings. The number of pyridine rings is 1. The van der Waals surface area contributed by atoms with Crippen molar-refractivity contribution in [3.8, 4) is 0 Å². The second kappa shape index (κ2) is 3.95. The fraction of sp³-hybridized carbons (Fsp3) is 0.333. The van der Waals surface area contributed by atoms with Crippen LogP contribution in [0.3, 0.4) is 0 Å². The van der Waals surface area contributed by atoms with Crippen molar-refractivity contribution in [1.82, 2.24) is 9.88 Å². The van der Waals surface area contributed by atoms with E-state index in [4.69, 9.17) is 5.73 Å². The number of nitrogens with two attached hydrogens (primary N) is 1. The average molecular weight is 195 g/mol. The lowest BCUT2D eigenvalue weighted by Gasteiger charge is -2.13. The van der Waals surface area contributed by atoms with Crippen molar-refractivity contribution < 1.29 is 4.79 Å². The van der Waals surface area contributed by atoms with Crippen LogP contribution in [0.2, 0.25) is 0 Å². The Morgan fingerprint density at radius 2 is 2.21 bits per heavy atom. The topological polar surface area (TPSA) is 77.1 Å². The molecule has 0 saturated carbocycles. The summed E-state index contributed by atoms with van der Waals surface area (Å²) in [6.45, 7) is 1.64. The summed E-state index contributed by atoms with van der Waals surface area (Å²) < 4.78 is 1.30. The maximum Gasteiger partial charge on any atom is 0.251 e. The largest absolute Gasteiger partial charge is 0.398 e. The third kappa shape index (κ3) is 1.93. The predicted molar refractivity (Wildman–Crippen MR) is 53.9 cm³/mol. The van der Waals surface area contributed by atoms with Crippen LogP contribution < -0.4 is 16.6 Å². The first-order chi connectivity index (χ1) is 6.56. The average Bonchev–Trinajstić information content (AvgIpc) is 2.19. The smallest absolute Gasteiger partial charge is 0.251 e. The highest BCUT2D eigenvalue weighted by Crippen LogP contribution is 2.04. The van der Waals surface area contributed by atoms with Crippen LogP contribution in [0.1, 0.15) is 13.0 Å². The van der Waals surface area contributed by atoms with E-state index in [1.807, 2.05) is 0 Å². The molecule has 5 nitrogen and oxygen atoms in total. The fourth-order valence-electron chi connectivity index (χ4n) is 1.16. The minimum Gasteiger partial charge on any atom is -0.398 e. The molecule has 0 bridgehead atoms. The number of carbonyl (C=O) groups is 1. The Hall–Kier alpha value is -1.78. The van der Waals surface area contributed by atoms with Gasteiger partial charge in [-0.15, -0.1) is 0 Å². The van der Waals surface area contributed by atoms with E-state index < -0.39 is 6.04 Å². The van der Waals surface area contributed by atoms with Gasteiger partial charge in [-0.1, -0.05) is 0 Å². The van der Waals surface area contributed by atoms with Crippen LogP contribution in [0, 0.1) is 0 Å². The highest BCUT2D eigenvalue weighted by Gasteiger charge is 2.13. The molecule has 0 saturated heterocycles. The van der Waals surface area contributed by atoms with Crippen LogP contribution in [0.25, 0.3) is 0 Å². The number of aromatic nitrogens is 1. The van der Waals surface area contributed by atoms with Crippen molar-refractivity contribution in [2.75, 3.05) is 12.8 Å². The molecule has 14 heavy (non-hydrogen) atoms. The quantitative estimate of drug-likeness (QED) is 0.682. The summed E-state index contributed by atoms with van der Waals surface area (Å²) in [6, 6.07) is 2.31. The Kier molecular flexibility index (Phi) is 2.91. The van der Waals surface area contributed by atoms with Gasteiger partial charge in [-0.2, -0.15) is 0 Å². The zero-order valence-corrected chi connectivity index (χ0v) is 8.15. The first kappa shape index (κ1) is 10.3. The van der Waals surface area contributed by atoms with Crippen LogP contribution in [-0.2, 0) is 4.79 Å². The molecule has 1 amide bonds. The maximum absolute atomic E-state index is 11.4. The number of rotatable bonds is 2. The van der Waals surface area contributed by atoms with Gasteiger partial charge in [-0.3, -0.25) is 9.59 Å². The van der Waals surface area contributed by atoms with Crippen molar-refractivity contribution in [3.63, 3.8) is 0 Å². The normalized spacial score (nSPS) is 12.1. The molecule has 3 N–H and O–H groups in total. The summed E-state index contributed by atoms with van der Waals surface area (Å²) in [6.07, 6.45) is 1.46. The van der Waals surface area contributed by atoms with Crippen LogP contribution in [0.5, 0.6) is 0 Å². The van der Waals surface area contributed by atoms with E-state index in [-0.39, 0.29) is 11.5 Å². The molecular formula is C9H13N3O2. The third-order valence-electron chi connectivity index (χ3n) is 2.00. The minimum atomic E-state index is -0.545. The molecular weight excluding hydrogens is 182 g/mol. The second-order valence-corrected chi connectivity index (χ2v) is 3.00. The van der Waals surface area contributed by atoms with Crippen molar-refractivity contribution in [3.05, 3.63) is 28.7 Å². The van der Waals surface area contributed by atoms with Gasteiger partial charge in [0.25, 0.3) is 5.56 Å². The van der Waals surface area contributed by atoms with Crippen LogP contribution in [0.15, 0.2) is 23.1 Å². The zero-order valence-electron chi connectivity index (χ0n) is 8.15. The molecule has 1 aromatic heterocycles. The molecule has 1 atom stereocenters. The Labute approximate surface area is 81.5 Å². The van der Waals surface area contributed by atoms with E-state index in [0.717, 1.165) is 0 Å². The molecule has 5 heteroatoms. The van der Waals surface area contributed by atoms with Gasteiger partial charge < -0.3 is 15.6 Å². The van der Waals surface area contributed by atoms with Crippen molar-refractivity contribution in [1.29, 1.82) is 0 Å². The second-order valence-electron chi connectivity index (χ2n) is 3.00. The summed E-state index contributed by atoms with van der Waals surface area (Å²) in [5.41, 5.74) is 5.73. The first-order valence-electron chi connectivity index (χ1n) is 4.25. The van der Waals surface area contributed by atoms with Crippen LogP contribution in [-0.4, -0.2) is 17.5 Å². The standard InChI is InChI=1S/C9H13N3O2/c1-6(9(14)11-2)12-5-7(10)3-4-8(12)13/h3-6H,10H2,1-2H3,(H,11,14). The maximum atomic E-state index is 11.4. The van der Waals surface area contributed by atoms with Crippen LogP contribution in [0.4, 0.5) is 5.69 Å². The predicted octanol–water partition coefficient (Wildman–Crippen LogP) is -0.263. The molecule has 0 spiro atoms. The third-order valence-corrected chi connectivity index (χ3v) is 2.00. The number of likely N-dealkylation sites (N-methyl/N-ethyl adjacent to an activating group) is 1. The summed E-state index contributed by atoms with van der Waals surface area (Å²) in [5.74, 6) is -0.224. The van der Waals surface area contributed by atoms with Crippen LogP contribution >= 0.6 is 0 Å². The Bertz CT molecular complexity index is 397. The van der Waals surface area contributed by atoms with E-state index in [9.17, 15) is 9.59 Å². The van der Waals surface area contributed by atoms with E-state index in [1.54, 1.807) is 6.92 Å². The monoisotopic (exact) mass is 195 g/mol. The Morgan fingerprint density at radius 1 is 1.57 bits per heavy atom. The molecule has 0 radical (unpaired) electrons. The zero-order chi connectivity index (χ0) is 10.7. The van der Waals surface area contributed by atoms with Gasteiger partial charge in [-0.25, -0.2) is 0 Å². The van der Waals surface area contributed by atoms with E-state index in [1.165, 1.54) is 29.9 Å². The summed E-state index contributed by atoms with van der Waals surface area (Å²) in [4.78, 5) is 22.6. The molecule has 1 heterocycles. The van der Waals surface area contributed by atoms with Gasteiger partial charge in [-0.05, 0) is 13.0 Å². The number of nitrogens with zero attached hydrogens (tertiary/aromatic N) is 1. The number of nitrogen functional groups attached to an aromatic ring is 1. The molecule has 76 valence electrons. The lowest BCUT2D eigenvalue weighted by molar-refractivity contribution is -0.123. The van der Waals surface area contributed by atoms with Gasteiger partial charge in [0.1, 0.15) is 6.04 Å². The van der Waals surface area contributed by atoms with Crippen molar-refractivity contribution in [2.45, 2.75) is 13.0 Å². The Morgan fingerprint density at radius 3 is 2.79 bits per heavy atom. The molecule has 0 aliphatic rings. The molecule has 0 aliphatic carbocycles. The van der Waals surface area contributed by atoms with Gasteiger partial charge in [0.05, 0.1) is 0 Å². The van der Waals surface area contributed by atoms with Gasteiger partial charge in [0.2, 0.25) is 5.91 Å².